The summed E-state index contributed by atoms with van der Waals surface area (Å²) in [5.41, 5.74) is -0.328. The minimum absolute atomic E-state index is 0.328. The summed E-state index contributed by atoms with van der Waals surface area (Å²) in [6, 6.07) is 0. The average molecular weight is 160 g/mol. The second-order valence-electron chi connectivity index (χ2n) is 2.82. The van der Waals surface area contributed by atoms with Crippen LogP contribution in [0.5, 0.6) is 0 Å². The van der Waals surface area contributed by atoms with Crippen molar-refractivity contribution in [2.45, 2.75) is 46.1 Å². The molecular weight excluding hydrogens is 144 g/mol. The minimum Gasteiger partial charge on any atom is -0.298 e. The molecule has 0 aromatic rings. The highest BCUT2D eigenvalue weighted by molar-refractivity contribution is 5.65. The van der Waals surface area contributed by atoms with Crippen LogP contribution in [-0.2, 0) is 14.6 Å². The SMILES string of the molecule is CCC(C)(CC)OOC(C)=O. The normalized spacial score (nSPS) is 11.3. The van der Waals surface area contributed by atoms with Crippen LogP contribution in [-0.4, -0.2) is 11.6 Å². The second kappa shape index (κ2) is 4.34. The molecule has 0 N–H and O–H groups in total. The van der Waals surface area contributed by atoms with E-state index in [0.717, 1.165) is 12.8 Å². The highest BCUT2D eigenvalue weighted by atomic mass is 17.2. The zero-order valence-electron chi connectivity index (χ0n) is 7.64. The standard InChI is InChI=1S/C8H16O3/c1-5-8(4,6-2)11-10-7(3)9/h5-6H2,1-4H3. The van der Waals surface area contributed by atoms with Gasteiger partial charge >= 0.3 is 5.97 Å². The highest BCUT2D eigenvalue weighted by Crippen LogP contribution is 2.19. The first-order valence-electron chi connectivity index (χ1n) is 3.90. The zero-order chi connectivity index (χ0) is 8.91. The molecule has 0 aliphatic carbocycles. The lowest BCUT2D eigenvalue weighted by Gasteiger charge is -2.23. The maximum atomic E-state index is 10.4. The van der Waals surface area contributed by atoms with Crippen LogP contribution < -0.4 is 0 Å². The summed E-state index contributed by atoms with van der Waals surface area (Å²) in [6.45, 7) is 7.22. The van der Waals surface area contributed by atoms with Crippen LogP contribution >= 0.6 is 0 Å². The summed E-state index contributed by atoms with van der Waals surface area (Å²) in [5, 5.41) is 0. The van der Waals surface area contributed by atoms with Crippen LogP contribution in [0.3, 0.4) is 0 Å². The first-order chi connectivity index (χ1) is 5.04. The van der Waals surface area contributed by atoms with E-state index in [9.17, 15) is 4.79 Å². The summed E-state index contributed by atoms with van der Waals surface area (Å²) in [4.78, 5) is 19.8. The molecule has 11 heavy (non-hydrogen) atoms. The second-order valence-corrected chi connectivity index (χ2v) is 2.82. The Bertz CT molecular complexity index is 127. The molecule has 3 nitrogen and oxygen atoms in total. The Hall–Kier alpha value is -0.570. The van der Waals surface area contributed by atoms with Gasteiger partial charge in [-0.15, -0.1) is 0 Å². The molecule has 0 unspecified atom stereocenters. The van der Waals surface area contributed by atoms with Gasteiger partial charge in [0.25, 0.3) is 0 Å². The van der Waals surface area contributed by atoms with E-state index in [1.165, 1.54) is 6.92 Å². The number of hydrogen-bond donors (Lipinski definition) is 0. The van der Waals surface area contributed by atoms with Gasteiger partial charge in [0, 0.05) is 6.92 Å². The Balaban J connectivity index is 3.78. The van der Waals surface area contributed by atoms with Gasteiger partial charge in [0.1, 0.15) is 5.60 Å². The number of carbonyl (C=O) groups is 1. The molecule has 0 heterocycles. The van der Waals surface area contributed by atoms with E-state index >= 15 is 0 Å². The molecule has 0 saturated heterocycles. The third-order valence-corrected chi connectivity index (χ3v) is 1.86. The molecule has 0 radical (unpaired) electrons. The van der Waals surface area contributed by atoms with Gasteiger partial charge in [-0.2, -0.15) is 4.89 Å². The molecule has 0 rings (SSSR count). The first kappa shape index (κ1) is 10.4. The van der Waals surface area contributed by atoms with Crippen LogP contribution in [0.2, 0.25) is 0 Å². The topological polar surface area (TPSA) is 35.5 Å². The smallest absolute Gasteiger partial charge is 0.298 e. The molecule has 3 heteroatoms. The van der Waals surface area contributed by atoms with Gasteiger partial charge in [0.05, 0.1) is 0 Å². The van der Waals surface area contributed by atoms with E-state index in [4.69, 9.17) is 4.89 Å². The van der Waals surface area contributed by atoms with Crippen molar-refractivity contribution in [2.24, 2.45) is 0 Å². The molecule has 0 atom stereocenters. The fourth-order valence-electron chi connectivity index (χ4n) is 0.527. The Labute approximate surface area is 67.6 Å². The van der Waals surface area contributed by atoms with Crippen molar-refractivity contribution < 1.29 is 14.6 Å². The Morgan fingerprint density at radius 2 is 1.82 bits per heavy atom. The number of hydrogen-bond acceptors (Lipinski definition) is 3. The van der Waals surface area contributed by atoms with Gasteiger partial charge in [-0.3, -0.25) is 4.89 Å². The fraction of sp³-hybridized carbons (Fsp3) is 0.875. The molecule has 0 fully saturated rings. The molecule has 0 aliphatic rings. The Morgan fingerprint density at radius 3 is 2.09 bits per heavy atom. The molecule has 0 aromatic carbocycles. The van der Waals surface area contributed by atoms with Gasteiger partial charge < -0.3 is 0 Å². The largest absolute Gasteiger partial charge is 0.339 e. The van der Waals surface area contributed by atoms with E-state index in [2.05, 4.69) is 4.89 Å². The fourth-order valence-corrected chi connectivity index (χ4v) is 0.527. The Morgan fingerprint density at radius 1 is 1.36 bits per heavy atom. The molecule has 0 amide bonds. The Kier molecular flexibility index (Phi) is 4.11. The van der Waals surface area contributed by atoms with E-state index in [1.807, 2.05) is 20.8 Å². The summed E-state index contributed by atoms with van der Waals surface area (Å²) in [7, 11) is 0. The van der Waals surface area contributed by atoms with Crippen LogP contribution in [0.25, 0.3) is 0 Å². The zero-order valence-corrected chi connectivity index (χ0v) is 7.64. The summed E-state index contributed by atoms with van der Waals surface area (Å²) >= 11 is 0. The van der Waals surface area contributed by atoms with Crippen LogP contribution in [0.4, 0.5) is 0 Å². The molecule has 0 aliphatic heterocycles. The number of carbonyl (C=O) groups excluding carboxylic acids is 1. The third-order valence-electron chi connectivity index (χ3n) is 1.86. The van der Waals surface area contributed by atoms with E-state index in [0.29, 0.717) is 0 Å². The van der Waals surface area contributed by atoms with Crippen LogP contribution in [0.15, 0.2) is 0 Å². The molecule has 0 saturated carbocycles. The number of rotatable bonds is 4. The van der Waals surface area contributed by atoms with Gasteiger partial charge in [0.15, 0.2) is 0 Å². The van der Waals surface area contributed by atoms with Crippen molar-refractivity contribution in [3.8, 4) is 0 Å². The monoisotopic (exact) mass is 160 g/mol. The van der Waals surface area contributed by atoms with E-state index < -0.39 is 5.97 Å². The van der Waals surface area contributed by atoms with Crippen LogP contribution in [0, 0.1) is 0 Å². The summed E-state index contributed by atoms with van der Waals surface area (Å²) < 4.78 is 0. The molecule has 66 valence electrons. The molecular formula is C8H16O3. The van der Waals surface area contributed by atoms with Crippen molar-refractivity contribution in [3.63, 3.8) is 0 Å². The maximum Gasteiger partial charge on any atom is 0.339 e. The van der Waals surface area contributed by atoms with Gasteiger partial charge in [-0.25, -0.2) is 4.79 Å². The molecule has 0 aromatic heterocycles. The average Bonchev–Trinajstić information content (AvgIpc) is 2.00. The predicted octanol–water partition coefficient (Wildman–Crippen LogP) is 2.06. The predicted molar refractivity (Wildman–Crippen MR) is 41.8 cm³/mol. The van der Waals surface area contributed by atoms with Gasteiger partial charge in [-0.1, -0.05) is 13.8 Å². The van der Waals surface area contributed by atoms with Crippen molar-refractivity contribution in [1.29, 1.82) is 0 Å². The van der Waals surface area contributed by atoms with Crippen molar-refractivity contribution in [1.82, 2.24) is 0 Å². The lowest BCUT2D eigenvalue weighted by molar-refractivity contribution is -0.329. The molecule has 0 spiro atoms. The minimum atomic E-state index is -0.405. The van der Waals surface area contributed by atoms with Crippen LogP contribution in [0.1, 0.15) is 40.5 Å². The highest BCUT2D eigenvalue weighted by Gasteiger charge is 2.22. The van der Waals surface area contributed by atoms with Crippen molar-refractivity contribution >= 4 is 5.97 Å². The van der Waals surface area contributed by atoms with Crippen molar-refractivity contribution in [3.05, 3.63) is 0 Å². The lowest BCUT2D eigenvalue weighted by atomic mass is 10.0. The maximum absolute atomic E-state index is 10.4. The summed E-state index contributed by atoms with van der Waals surface area (Å²) in [6.07, 6.45) is 1.66. The summed E-state index contributed by atoms with van der Waals surface area (Å²) in [5.74, 6) is -0.405. The lowest BCUT2D eigenvalue weighted by Crippen LogP contribution is -2.27. The van der Waals surface area contributed by atoms with Crippen molar-refractivity contribution in [2.75, 3.05) is 0 Å². The quantitative estimate of drug-likeness (QED) is 0.466. The molecule has 0 bridgehead atoms. The first-order valence-corrected chi connectivity index (χ1v) is 3.90. The van der Waals surface area contributed by atoms with E-state index in [-0.39, 0.29) is 5.60 Å². The van der Waals surface area contributed by atoms with E-state index in [1.54, 1.807) is 0 Å². The third kappa shape index (κ3) is 3.98. The van der Waals surface area contributed by atoms with Gasteiger partial charge in [-0.05, 0) is 19.8 Å². The van der Waals surface area contributed by atoms with Gasteiger partial charge in [0.2, 0.25) is 0 Å².